The molecule has 0 bridgehead atoms. The third kappa shape index (κ3) is 4.98. The van der Waals surface area contributed by atoms with Gasteiger partial charge in [-0.05, 0) is 78.4 Å². The monoisotopic (exact) mass is 517 g/mol. The van der Waals surface area contributed by atoms with Crippen molar-refractivity contribution in [3.8, 4) is 0 Å². The van der Waals surface area contributed by atoms with Gasteiger partial charge in [0.25, 0.3) is 0 Å². The zero-order chi connectivity index (χ0) is 24.4. The number of likely N-dealkylation sites (N-methyl/N-ethyl adjacent to an activating group) is 1. The Morgan fingerprint density at radius 3 is 2.55 bits per heavy atom. The van der Waals surface area contributed by atoms with E-state index >= 15 is 0 Å². The van der Waals surface area contributed by atoms with Crippen LogP contribution in [0.15, 0.2) is 59.6 Å². The van der Waals surface area contributed by atoms with E-state index in [0.717, 1.165) is 5.56 Å². The lowest BCUT2D eigenvalue weighted by molar-refractivity contribution is -0.163. The zero-order valence-electron chi connectivity index (χ0n) is 19.4. The van der Waals surface area contributed by atoms with Crippen molar-refractivity contribution in [3.63, 3.8) is 0 Å². The first-order valence-corrected chi connectivity index (χ1v) is 11.6. The van der Waals surface area contributed by atoms with E-state index in [4.69, 9.17) is 9.47 Å². The number of halogens is 2. The molecule has 176 valence electrons. The van der Waals surface area contributed by atoms with Gasteiger partial charge in [0.1, 0.15) is 18.0 Å². The maximum absolute atomic E-state index is 14.4. The van der Waals surface area contributed by atoms with Crippen molar-refractivity contribution >= 4 is 28.0 Å². The predicted molar refractivity (Wildman–Crippen MR) is 128 cm³/mol. The Kier molecular flexibility index (Phi) is 7.32. The maximum Gasteiger partial charge on any atom is 0.411 e. The van der Waals surface area contributed by atoms with Crippen LogP contribution in [-0.4, -0.2) is 29.6 Å². The molecule has 2 atom stereocenters. The molecular formula is C26H29BrFNO4. The summed E-state index contributed by atoms with van der Waals surface area (Å²) < 4.78 is 26.0. The highest BCUT2D eigenvalue weighted by molar-refractivity contribution is 9.10. The number of hydrogen-bond acceptors (Lipinski definition) is 4. The first kappa shape index (κ1) is 25.0. The van der Waals surface area contributed by atoms with Crippen LogP contribution in [0.25, 0.3) is 0 Å². The normalized spacial score (nSPS) is 19.5. The fourth-order valence-electron chi connectivity index (χ4n) is 4.38. The van der Waals surface area contributed by atoms with E-state index in [0.29, 0.717) is 24.0 Å². The number of fused-ring (bicyclic) bond motifs is 1. The second kappa shape index (κ2) is 9.67. The maximum atomic E-state index is 14.4. The molecule has 0 N–H and O–H groups in total. The molecule has 0 unspecified atom stereocenters. The summed E-state index contributed by atoms with van der Waals surface area (Å²) in [6.45, 7) is 9.15. The van der Waals surface area contributed by atoms with Crippen molar-refractivity contribution in [3.05, 3.63) is 82.1 Å². The van der Waals surface area contributed by atoms with Crippen molar-refractivity contribution in [2.75, 3.05) is 7.05 Å². The molecule has 1 amide bonds. The van der Waals surface area contributed by atoms with Crippen LogP contribution in [0, 0.1) is 11.7 Å². The number of hydrogen-bond donors (Lipinski definition) is 0. The van der Waals surface area contributed by atoms with Crippen molar-refractivity contribution in [1.82, 2.24) is 4.90 Å². The van der Waals surface area contributed by atoms with E-state index in [1.165, 1.54) is 18.0 Å². The van der Waals surface area contributed by atoms with Gasteiger partial charge in [0.2, 0.25) is 0 Å². The zero-order valence-corrected chi connectivity index (χ0v) is 20.9. The molecule has 0 heterocycles. The SMILES string of the molecule is C=CC[C@H]1Cc2cc(F)c(Br)cc2[C@]1(C(=O)OCc1ccccc1)N(C)C(=O)OC(C)(C)C. The summed E-state index contributed by atoms with van der Waals surface area (Å²) in [6, 6.07) is 12.3. The van der Waals surface area contributed by atoms with Crippen LogP contribution in [0.5, 0.6) is 0 Å². The number of esters is 1. The van der Waals surface area contributed by atoms with Crippen LogP contribution in [0.3, 0.4) is 0 Å². The summed E-state index contributed by atoms with van der Waals surface area (Å²) in [7, 11) is 1.53. The molecule has 0 radical (unpaired) electrons. The van der Waals surface area contributed by atoms with Gasteiger partial charge < -0.3 is 9.47 Å². The molecule has 0 aromatic heterocycles. The lowest BCUT2D eigenvalue weighted by Gasteiger charge is -2.42. The minimum Gasteiger partial charge on any atom is -0.459 e. The van der Waals surface area contributed by atoms with Crippen molar-refractivity contribution in [2.24, 2.45) is 5.92 Å². The van der Waals surface area contributed by atoms with E-state index in [9.17, 15) is 14.0 Å². The first-order chi connectivity index (χ1) is 15.5. The van der Waals surface area contributed by atoms with E-state index in [1.807, 2.05) is 30.3 Å². The average molecular weight is 518 g/mol. The minimum atomic E-state index is -1.50. The van der Waals surface area contributed by atoms with Crippen LogP contribution in [0.4, 0.5) is 9.18 Å². The molecule has 7 heteroatoms. The lowest BCUT2D eigenvalue weighted by atomic mass is 9.80. The summed E-state index contributed by atoms with van der Waals surface area (Å²) in [5.41, 5.74) is -0.279. The fourth-order valence-corrected chi connectivity index (χ4v) is 4.72. The van der Waals surface area contributed by atoms with Crippen LogP contribution in [0.1, 0.15) is 43.9 Å². The van der Waals surface area contributed by atoms with E-state index in [1.54, 1.807) is 32.9 Å². The van der Waals surface area contributed by atoms with Gasteiger partial charge >= 0.3 is 12.1 Å². The molecule has 1 aliphatic rings. The van der Waals surface area contributed by atoms with Crippen molar-refractivity contribution in [2.45, 2.75) is 51.4 Å². The van der Waals surface area contributed by atoms with Gasteiger partial charge in [-0.2, -0.15) is 0 Å². The van der Waals surface area contributed by atoms with Gasteiger partial charge in [-0.3, -0.25) is 4.90 Å². The molecule has 0 saturated carbocycles. The molecule has 2 aromatic rings. The van der Waals surface area contributed by atoms with Gasteiger partial charge in [-0.25, -0.2) is 14.0 Å². The van der Waals surface area contributed by atoms with Gasteiger partial charge in [0.15, 0.2) is 5.54 Å². The predicted octanol–water partition coefficient (Wildman–Crippen LogP) is 6.14. The molecule has 0 spiro atoms. The summed E-state index contributed by atoms with van der Waals surface area (Å²) >= 11 is 3.24. The largest absolute Gasteiger partial charge is 0.459 e. The van der Waals surface area contributed by atoms with Crippen LogP contribution in [0.2, 0.25) is 0 Å². The second-order valence-electron chi connectivity index (χ2n) is 9.22. The minimum absolute atomic E-state index is 0.0437. The highest BCUT2D eigenvalue weighted by Crippen LogP contribution is 2.49. The van der Waals surface area contributed by atoms with Gasteiger partial charge in [-0.15, -0.1) is 6.58 Å². The Bertz CT molecular complexity index is 1050. The summed E-state index contributed by atoms with van der Waals surface area (Å²) in [4.78, 5) is 28.4. The van der Waals surface area contributed by atoms with Gasteiger partial charge in [0, 0.05) is 13.0 Å². The number of amides is 1. The number of rotatable bonds is 6. The summed E-state index contributed by atoms with van der Waals surface area (Å²) in [5.74, 6) is -1.43. The Morgan fingerprint density at radius 1 is 1.27 bits per heavy atom. The highest BCUT2D eigenvalue weighted by atomic mass is 79.9. The smallest absolute Gasteiger partial charge is 0.411 e. The van der Waals surface area contributed by atoms with Crippen LogP contribution < -0.4 is 0 Å². The first-order valence-electron chi connectivity index (χ1n) is 10.8. The molecule has 0 fully saturated rings. The number of benzene rings is 2. The molecule has 3 rings (SSSR count). The van der Waals surface area contributed by atoms with Crippen molar-refractivity contribution in [1.29, 1.82) is 0 Å². The third-order valence-electron chi connectivity index (χ3n) is 5.79. The number of nitrogens with zero attached hydrogens (tertiary/aromatic N) is 1. The van der Waals surface area contributed by atoms with E-state index in [2.05, 4.69) is 22.5 Å². The van der Waals surface area contributed by atoms with Crippen molar-refractivity contribution < 1.29 is 23.5 Å². The molecule has 33 heavy (non-hydrogen) atoms. The van der Waals surface area contributed by atoms with Crippen LogP contribution in [-0.2, 0) is 32.8 Å². The average Bonchev–Trinajstić information content (AvgIpc) is 3.05. The standard InChI is InChI=1S/C26H29BrFNO4/c1-6-10-19-13-18-14-22(28)21(27)15-20(18)26(19,29(5)24(31)33-25(2,3)4)23(30)32-16-17-11-8-7-9-12-17/h6-9,11-12,14-15,19H,1,10,13,16H2,2-5H3/t19-,26+/m0/s1. The molecule has 0 saturated heterocycles. The quantitative estimate of drug-likeness (QED) is 0.341. The topological polar surface area (TPSA) is 55.8 Å². The number of ether oxygens (including phenoxy) is 2. The Labute approximate surface area is 202 Å². The number of carbonyl (C=O) groups is 2. The number of allylic oxidation sites excluding steroid dienone is 1. The van der Waals surface area contributed by atoms with E-state index < -0.39 is 34.9 Å². The fraction of sp³-hybridized carbons (Fsp3) is 0.385. The molecule has 1 aliphatic carbocycles. The Morgan fingerprint density at radius 2 is 1.94 bits per heavy atom. The van der Waals surface area contributed by atoms with Gasteiger partial charge in [0.05, 0.1) is 4.47 Å². The summed E-state index contributed by atoms with van der Waals surface area (Å²) in [6.07, 6.45) is 1.84. The highest BCUT2D eigenvalue weighted by Gasteiger charge is 2.58. The molecule has 2 aromatic carbocycles. The van der Waals surface area contributed by atoms with E-state index in [-0.39, 0.29) is 11.1 Å². The lowest BCUT2D eigenvalue weighted by Crippen LogP contribution is -2.57. The Hall–Kier alpha value is -2.67. The third-order valence-corrected chi connectivity index (χ3v) is 6.39. The molecular weight excluding hydrogens is 489 g/mol. The van der Waals surface area contributed by atoms with Crippen LogP contribution >= 0.6 is 15.9 Å². The molecule has 5 nitrogen and oxygen atoms in total. The van der Waals surface area contributed by atoms with Gasteiger partial charge in [-0.1, -0.05) is 36.4 Å². The number of carbonyl (C=O) groups excluding carboxylic acids is 2. The molecule has 0 aliphatic heterocycles. The second-order valence-corrected chi connectivity index (χ2v) is 10.1. The summed E-state index contributed by atoms with van der Waals surface area (Å²) in [5, 5.41) is 0. The Balaban J connectivity index is 2.13.